The summed E-state index contributed by atoms with van der Waals surface area (Å²) >= 11 is 0. The number of hydrogen-bond donors (Lipinski definition) is 1. The third-order valence-electron chi connectivity index (χ3n) is 5.13. The number of nitrogens with zero attached hydrogens (tertiary/aromatic N) is 4. The predicted molar refractivity (Wildman–Crippen MR) is 135 cm³/mol. The SMILES string of the molecule is C=C(/C=C\C(=N)N(C)/C=C/c1ccccc1CN(C)C)c1cn(C)nc1-c1ccc(F)cc1. The van der Waals surface area contributed by atoms with Gasteiger partial charge in [0.2, 0.25) is 0 Å². The van der Waals surface area contributed by atoms with Crippen molar-refractivity contribution in [2.75, 3.05) is 21.1 Å². The smallest absolute Gasteiger partial charge is 0.124 e. The molecule has 5 nitrogen and oxygen atoms in total. The predicted octanol–water partition coefficient (Wildman–Crippen LogP) is 5.44. The Kier molecular flexibility index (Phi) is 7.74. The lowest BCUT2D eigenvalue weighted by Gasteiger charge is -2.14. The van der Waals surface area contributed by atoms with Crippen LogP contribution in [0.4, 0.5) is 4.39 Å². The summed E-state index contributed by atoms with van der Waals surface area (Å²) in [5, 5.41) is 12.9. The van der Waals surface area contributed by atoms with Crippen LogP contribution in [0.15, 0.2) is 79.7 Å². The number of halogens is 1. The Bertz CT molecular complexity index is 1190. The second-order valence-electron chi connectivity index (χ2n) is 8.18. The van der Waals surface area contributed by atoms with Crippen molar-refractivity contribution >= 4 is 17.5 Å². The third-order valence-corrected chi connectivity index (χ3v) is 5.13. The first kappa shape index (κ1) is 23.9. The number of aromatic nitrogens is 2. The maximum atomic E-state index is 13.3. The standard InChI is InChI=1S/C27H30FN5/c1-20(25-19-33(5)30-27(25)22-11-13-24(28)14-12-22)10-15-26(29)32(4)17-16-21-8-6-7-9-23(21)18-31(2)3/h6-17,19,29H,1,18H2,2-5H3/b15-10-,17-16+,29-26?. The first-order chi connectivity index (χ1) is 15.7. The van der Waals surface area contributed by atoms with Gasteiger partial charge in [0.1, 0.15) is 17.3 Å². The summed E-state index contributed by atoms with van der Waals surface area (Å²) in [6.07, 6.45) is 9.29. The summed E-state index contributed by atoms with van der Waals surface area (Å²) in [5.74, 6) is 0.0357. The van der Waals surface area contributed by atoms with Crippen LogP contribution in [0.2, 0.25) is 0 Å². The molecule has 0 aliphatic heterocycles. The largest absolute Gasteiger partial charge is 0.337 e. The molecule has 0 saturated carbocycles. The van der Waals surface area contributed by atoms with Crippen molar-refractivity contribution in [3.05, 3.63) is 102 Å². The molecule has 0 fully saturated rings. The van der Waals surface area contributed by atoms with E-state index in [0.29, 0.717) is 5.84 Å². The molecule has 170 valence electrons. The summed E-state index contributed by atoms with van der Waals surface area (Å²) in [5.41, 5.74) is 5.45. The third kappa shape index (κ3) is 6.37. The van der Waals surface area contributed by atoms with Crippen molar-refractivity contribution in [2.24, 2.45) is 7.05 Å². The highest BCUT2D eigenvalue weighted by atomic mass is 19.1. The molecule has 0 bridgehead atoms. The average Bonchev–Trinajstić information content (AvgIpc) is 3.18. The number of amidine groups is 1. The summed E-state index contributed by atoms with van der Waals surface area (Å²) in [6, 6.07) is 14.5. The van der Waals surface area contributed by atoms with Gasteiger partial charge < -0.3 is 9.80 Å². The molecule has 0 radical (unpaired) electrons. The van der Waals surface area contributed by atoms with Gasteiger partial charge in [0, 0.05) is 44.2 Å². The molecule has 3 aromatic rings. The van der Waals surface area contributed by atoms with Crippen molar-refractivity contribution < 1.29 is 4.39 Å². The molecular weight excluding hydrogens is 413 g/mol. The number of allylic oxidation sites excluding steroid dienone is 2. The maximum Gasteiger partial charge on any atom is 0.124 e. The Balaban J connectivity index is 1.72. The van der Waals surface area contributed by atoms with Gasteiger partial charge in [0.15, 0.2) is 0 Å². The molecule has 1 N–H and O–H groups in total. The highest BCUT2D eigenvalue weighted by Crippen LogP contribution is 2.27. The van der Waals surface area contributed by atoms with Crippen molar-refractivity contribution in [3.8, 4) is 11.3 Å². The summed E-state index contributed by atoms with van der Waals surface area (Å²) in [4.78, 5) is 3.88. The summed E-state index contributed by atoms with van der Waals surface area (Å²) < 4.78 is 15.0. The number of hydrogen-bond acceptors (Lipinski definition) is 3. The zero-order chi connectivity index (χ0) is 24.0. The van der Waals surface area contributed by atoms with Crippen molar-refractivity contribution in [1.29, 1.82) is 5.41 Å². The molecule has 1 aromatic heterocycles. The van der Waals surface area contributed by atoms with E-state index in [4.69, 9.17) is 5.41 Å². The van der Waals surface area contributed by atoms with Crippen molar-refractivity contribution in [2.45, 2.75) is 6.54 Å². The fourth-order valence-corrected chi connectivity index (χ4v) is 3.39. The molecule has 0 spiro atoms. The lowest BCUT2D eigenvalue weighted by Crippen LogP contribution is -2.17. The lowest BCUT2D eigenvalue weighted by molar-refractivity contribution is 0.402. The van der Waals surface area contributed by atoms with E-state index < -0.39 is 0 Å². The van der Waals surface area contributed by atoms with Gasteiger partial charge in [-0.15, -0.1) is 0 Å². The fourth-order valence-electron chi connectivity index (χ4n) is 3.39. The van der Waals surface area contributed by atoms with Crippen LogP contribution in [0, 0.1) is 11.2 Å². The van der Waals surface area contributed by atoms with Gasteiger partial charge in [0.25, 0.3) is 0 Å². The van der Waals surface area contributed by atoms with Crippen LogP contribution in [-0.2, 0) is 13.6 Å². The zero-order valence-electron chi connectivity index (χ0n) is 19.6. The normalized spacial score (nSPS) is 11.6. The minimum atomic E-state index is -0.288. The van der Waals surface area contributed by atoms with E-state index in [1.165, 1.54) is 17.7 Å². The van der Waals surface area contributed by atoms with Crippen LogP contribution >= 0.6 is 0 Å². The quantitative estimate of drug-likeness (QED) is 0.287. The minimum Gasteiger partial charge on any atom is -0.337 e. The summed E-state index contributed by atoms with van der Waals surface area (Å²) in [7, 11) is 7.77. The molecule has 0 amide bonds. The minimum absolute atomic E-state index is 0.288. The van der Waals surface area contributed by atoms with Gasteiger partial charge in [-0.05, 0) is 67.2 Å². The van der Waals surface area contributed by atoms with Crippen LogP contribution in [0.1, 0.15) is 16.7 Å². The van der Waals surface area contributed by atoms with E-state index in [0.717, 1.165) is 34.5 Å². The van der Waals surface area contributed by atoms with Gasteiger partial charge in [-0.3, -0.25) is 10.1 Å². The maximum absolute atomic E-state index is 13.3. The molecule has 3 rings (SSSR count). The van der Waals surface area contributed by atoms with E-state index in [9.17, 15) is 4.39 Å². The first-order valence-corrected chi connectivity index (χ1v) is 10.6. The number of nitrogens with one attached hydrogen (secondary N) is 1. The molecular formula is C27H30FN5. The van der Waals surface area contributed by atoms with E-state index in [-0.39, 0.29) is 5.82 Å². The Morgan fingerprint density at radius 1 is 1.09 bits per heavy atom. The Morgan fingerprint density at radius 3 is 2.48 bits per heavy atom. The topological polar surface area (TPSA) is 48.2 Å². The molecule has 0 saturated heterocycles. The molecule has 1 heterocycles. The van der Waals surface area contributed by atoms with Gasteiger partial charge in [0.05, 0.1) is 0 Å². The molecule has 2 aromatic carbocycles. The lowest BCUT2D eigenvalue weighted by atomic mass is 10.0. The molecule has 0 unspecified atom stereocenters. The van der Waals surface area contributed by atoms with Crippen molar-refractivity contribution in [1.82, 2.24) is 19.6 Å². The fraction of sp³-hybridized carbons (Fsp3) is 0.185. The monoisotopic (exact) mass is 443 g/mol. The Morgan fingerprint density at radius 2 is 1.79 bits per heavy atom. The number of aryl methyl sites for hydroxylation is 1. The Labute approximate surface area is 195 Å². The summed E-state index contributed by atoms with van der Waals surface area (Å²) in [6.45, 7) is 5.00. The van der Waals surface area contributed by atoms with Crippen molar-refractivity contribution in [3.63, 3.8) is 0 Å². The molecule has 0 aliphatic rings. The molecule has 0 atom stereocenters. The van der Waals surface area contributed by atoms with E-state index in [2.05, 4.69) is 28.7 Å². The van der Waals surface area contributed by atoms with E-state index in [1.807, 2.05) is 58.8 Å². The van der Waals surface area contributed by atoms with Crippen LogP contribution in [0.5, 0.6) is 0 Å². The number of benzene rings is 2. The highest BCUT2D eigenvalue weighted by molar-refractivity contribution is 5.94. The van der Waals surface area contributed by atoms with Crippen LogP contribution in [-0.4, -0.2) is 46.6 Å². The zero-order valence-corrected chi connectivity index (χ0v) is 19.6. The number of rotatable bonds is 8. The van der Waals surface area contributed by atoms with Gasteiger partial charge in [-0.25, -0.2) is 4.39 Å². The first-order valence-electron chi connectivity index (χ1n) is 10.6. The van der Waals surface area contributed by atoms with Gasteiger partial charge in [-0.1, -0.05) is 36.9 Å². The molecule has 33 heavy (non-hydrogen) atoms. The van der Waals surface area contributed by atoms with Crippen LogP contribution < -0.4 is 0 Å². The highest BCUT2D eigenvalue weighted by Gasteiger charge is 2.12. The molecule has 0 aliphatic carbocycles. The van der Waals surface area contributed by atoms with Crippen LogP contribution in [0.25, 0.3) is 22.9 Å². The second kappa shape index (κ2) is 10.7. The van der Waals surface area contributed by atoms with E-state index in [1.54, 1.807) is 33.9 Å². The second-order valence-corrected chi connectivity index (χ2v) is 8.18. The van der Waals surface area contributed by atoms with Gasteiger partial charge >= 0.3 is 0 Å². The Hall–Kier alpha value is -3.77. The average molecular weight is 444 g/mol. The van der Waals surface area contributed by atoms with E-state index >= 15 is 0 Å². The molecule has 6 heteroatoms. The number of likely N-dealkylation sites (N-methyl/N-ethyl adjacent to an activating group) is 1. The van der Waals surface area contributed by atoms with Gasteiger partial charge in [-0.2, -0.15) is 5.10 Å². The van der Waals surface area contributed by atoms with Crippen LogP contribution in [0.3, 0.4) is 0 Å².